The van der Waals surface area contributed by atoms with E-state index < -0.39 is 13.9 Å². The fraction of sp³-hybridized carbons (Fsp3) is 0.815. The lowest BCUT2D eigenvalue weighted by Crippen LogP contribution is -2.20. The van der Waals surface area contributed by atoms with Gasteiger partial charge in [-0.2, -0.15) is 0 Å². The molecular weight excluding hydrogens is 489 g/mol. The van der Waals surface area contributed by atoms with E-state index in [1.54, 1.807) is 17.8 Å². The van der Waals surface area contributed by atoms with Crippen LogP contribution in [-0.2, 0) is 20.4 Å². The van der Waals surface area contributed by atoms with Gasteiger partial charge in [0.15, 0.2) is 19.1 Å². The van der Waals surface area contributed by atoms with Crippen LogP contribution in [0.1, 0.15) is 117 Å². The highest BCUT2D eigenvalue weighted by Crippen LogP contribution is 2.37. The standard InChI is InChI=1S/C27H50N5O4P/c1-3-4-5-6-7-8-9-10-11-12-13-14-15-16-17-18-19-36-37(33,34)23-35-24(2)20-32-22-31-25-26(28)29-21-30-27(25)32/h21-22,24H,3-20,23H2,1-2H3,(H,33,34)(H2,28,29,30)/p-1/t24-/m1/s1. The Bertz CT molecular complexity index is 910. The first-order chi connectivity index (χ1) is 17.9. The summed E-state index contributed by atoms with van der Waals surface area (Å²) in [6, 6.07) is 0. The molecule has 0 fully saturated rings. The van der Waals surface area contributed by atoms with Crippen molar-refractivity contribution in [1.82, 2.24) is 19.5 Å². The van der Waals surface area contributed by atoms with Crippen molar-refractivity contribution in [3.05, 3.63) is 12.7 Å². The van der Waals surface area contributed by atoms with Crippen molar-refractivity contribution in [3.8, 4) is 0 Å². The van der Waals surface area contributed by atoms with Crippen LogP contribution in [0.5, 0.6) is 0 Å². The van der Waals surface area contributed by atoms with Crippen molar-refractivity contribution >= 4 is 24.6 Å². The number of aromatic nitrogens is 4. The first-order valence-electron chi connectivity index (χ1n) is 14.4. The molecule has 0 radical (unpaired) electrons. The topological polar surface area (TPSA) is 128 Å². The predicted molar refractivity (Wildman–Crippen MR) is 148 cm³/mol. The molecule has 0 amide bonds. The van der Waals surface area contributed by atoms with Crippen LogP contribution in [0.3, 0.4) is 0 Å². The van der Waals surface area contributed by atoms with Crippen molar-refractivity contribution in [2.75, 3.05) is 18.7 Å². The maximum atomic E-state index is 12.2. The molecule has 2 heterocycles. The van der Waals surface area contributed by atoms with E-state index in [0.717, 1.165) is 19.3 Å². The molecule has 2 N–H and O–H groups in total. The lowest BCUT2D eigenvalue weighted by Gasteiger charge is -2.25. The first kappa shape index (κ1) is 31.7. The summed E-state index contributed by atoms with van der Waals surface area (Å²) in [5.41, 5.74) is 6.91. The van der Waals surface area contributed by atoms with Crippen molar-refractivity contribution < 1.29 is 18.7 Å². The lowest BCUT2D eigenvalue weighted by molar-refractivity contribution is -0.205. The van der Waals surface area contributed by atoms with Crippen LogP contribution in [0.25, 0.3) is 11.2 Å². The zero-order chi connectivity index (χ0) is 26.8. The van der Waals surface area contributed by atoms with Gasteiger partial charge in [-0.1, -0.05) is 103 Å². The van der Waals surface area contributed by atoms with Gasteiger partial charge in [-0.05, 0) is 13.3 Å². The molecule has 0 bridgehead atoms. The Hall–Kier alpha value is -1.54. The molecule has 0 saturated carbocycles. The summed E-state index contributed by atoms with van der Waals surface area (Å²) < 4.78 is 24.6. The Balaban J connectivity index is 1.41. The third kappa shape index (κ3) is 13.7. The quantitative estimate of drug-likeness (QED) is 0.124. The van der Waals surface area contributed by atoms with E-state index in [0.29, 0.717) is 23.5 Å². The number of anilines is 1. The van der Waals surface area contributed by atoms with Gasteiger partial charge in [-0.15, -0.1) is 0 Å². The van der Waals surface area contributed by atoms with Crippen LogP contribution in [-0.4, -0.2) is 38.6 Å². The number of hydrogen-bond donors (Lipinski definition) is 1. The molecule has 0 aromatic carbocycles. The summed E-state index contributed by atoms with van der Waals surface area (Å²) >= 11 is 0. The third-order valence-electron chi connectivity index (χ3n) is 6.69. The largest absolute Gasteiger partial charge is 0.777 e. The van der Waals surface area contributed by atoms with Gasteiger partial charge in [-0.25, -0.2) is 15.0 Å². The average Bonchev–Trinajstić information content (AvgIpc) is 3.28. The summed E-state index contributed by atoms with van der Waals surface area (Å²) in [5.74, 6) is 0.309. The van der Waals surface area contributed by atoms with E-state index in [9.17, 15) is 9.46 Å². The van der Waals surface area contributed by atoms with Crippen molar-refractivity contribution in [1.29, 1.82) is 0 Å². The Labute approximate surface area is 223 Å². The number of imidazole rings is 1. The zero-order valence-corrected chi connectivity index (χ0v) is 24.0. The highest BCUT2D eigenvalue weighted by molar-refractivity contribution is 7.51. The van der Waals surface area contributed by atoms with E-state index in [1.165, 1.54) is 89.8 Å². The van der Waals surface area contributed by atoms with E-state index in [4.69, 9.17) is 15.0 Å². The van der Waals surface area contributed by atoms with Crippen molar-refractivity contribution in [2.24, 2.45) is 0 Å². The van der Waals surface area contributed by atoms with E-state index in [2.05, 4.69) is 21.9 Å². The molecule has 0 aliphatic rings. The number of nitrogens with zero attached hydrogens (tertiary/aromatic N) is 4. The number of unbranched alkanes of at least 4 members (excludes halogenated alkanes) is 15. The normalized spacial score (nSPS) is 14.2. The summed E-state index contributed by atoms with van der Waals surface area (Å²) in [6.07, 6.45) is 22.7. The highest BCUT2D eigenvalue weighted by Gasteiger charge is 2.14. The van der Waals surface area contributed by atoms with Gasteiger partial charge in [0.05, 0.1) is 25.6 Å². The number of rotatable bonds is 23. The predicted octanol–water partition coefficient (Wildman–Crippen LogP) is 6.60. The first-order valence-corrected chi connectivity index (χ1v) is 16.1. The van der Waals surface area contributed by atoms with Gasteiger partial charge in [0.2, 0.25) is 0 Å². The van der Waals surface area contributed by atoms with E-state index in [1.807, 2.05) is 0 Å². The maximum Gasteiger partial charge on any atom is 0.165 e. The van der Waals surface area contributed by atoms with Crippen LogP contribution in [0.4, 0.5) is 5.82 Å². The number of hydrogen-bond acceptors (Lipinski definition) is 8. The Morgan fingerprint density at radius 2 is 1.43 bits per heavy atom. The second-order valence-electron chi connectivity index (χ2n) is 10.2. The minimum absolute atomic E-state index is 0.222. The summed E-state index contributed by atoms with van der Waals surface area (Å²) in [5, 5.41) is 0. The Morgan fingerprint density at radius 3 is 2.00 bits per heavy atom. The van der Waals surface area contributed by atoms with E-state index >= 15 is 0 Å². The van der Waals surface area contributed by atoms with Gasteiger partial charge in [0.1, 0.15) is 18.2 Å². The molecule has 10 heteroatoms. The second kappa shape index (κ2) is 18.7. The minimum atomic E-state index is -4.02. The molecule has 0 aliphatic heterocycles. The van der Waals surface area contributed by atoms with Gasteiger partial charge in [0.25, 0.3) is 0 Å². The van der Waals surface area contributed by atoms with Crippen molar-refractivity contribution in [2.45, 2.75) is 129 Å². The Kier molecular flexibility index (Phi) is 16.0. The number of nitrogen functional groups attached to an aromatic ring is 1. The van der Waals surface area contributed by atoms with E-state index in [-0.39, 0.29) is 12.7 Å². The molecule has 2 aromatic heterocycles. The molecule has 212 valence electrons. The van der Waals surface area contributed by atoms with Crippen LogP contribution in [0, 0.1) is 0 Å². The molecule has 37 heavy (non-hydrogen) atoms. The second-order valence-corrected chi connectivity index (χ2v) is 11.9. The SMILES string of the molecule is CCCCCCCCCCCCCCCCCCOP(=O)([O-])CO[C@H](C)Cn1cnc2c(N)ncnc21. The van der Waals surface area contributed by atoms with Gasteiger partial charge in [0, 0.05) is 0 Å². The molecule has 0 aliphatic carbocycles. The lowest BCUT2D eigenvalue weighted by atomic mass is 10.0. The summed E-state index contributed by atoms with van der Waals surface area (Å²) in [7, 11) is -4.02. The van der Waals surface area contributed by atoms with Crippen LogP contribution >= 0.6 is 7.60 Å². The summed E-state index contributed by atoms with van der Waals surface area (Å²) in [6.45, 7) is 4.68. The smallest absolute Gasteiger partial charge is 0.165 e. The average molecular weight is 539 g/mol. The number of nitrogens with two attached hydrogens (primary N) is 1. The fourth-order valence-electron chi connectivity index (χ4n) is 4.47. The number of ether oxygens (including phenoxy) is 1. The molecule has 2 aromatic rings. The van der Waals surface area contributed by atoms with Crippen LogP contribution < -0.4 is 10.6 Å². The summed E-state index contributed by atoms with van der Waals surface area (Å²) in [4.78, 5) is 24.5. The number of fused-ring (bicyclic) bond motifs is 1. The zero-order valence-electron chi connectivity index (χ0n) is 23.1. The molecule has 0 spiro atoms. The molecule has 2 atom stereocenters. The highest BCUT2D eigenvalue weighted by atomic mass is 31.2. The van der Waals surface area contributed by atoms with Crippen molar-refractivity contribution in [3.63, 3.8) is 0 Å². The molecule has 0 saturated heterocycles. The van der Waals surface area contributed by atoms with Gasteiger partial charge >= 0.3 is 0 Å². The van der Waals surface area contributed by atoms with Crippen LogP contribution in [0.2, 0.25) is 0 Å². The van der Waals surface area contributed by atoms with Crippen LogP contribution in [0.15, 0.2) is 12.7 Å². The maximum absolute atomic E-state index is 12.2. The van der Waals surface area contributed by atoms with Gasteiger partial charge in [-0.3, -0.25) is 0 Å². The molecule has 1 unspecified atom stereocenters. The fourth-order valence-corrected chi connectivity index (χ4v) is 5.39. The monoisotopic (exact) mass is 538 g/mol. The Morgan fingerprint density at radius 1 is 0.892 bits per heavy atom. The molecular formula is C27H49N5O4P-. The minimum Gasteiger partial charge on any atom is -0.777 e. The van der Waals surface area contributed by atoms with Gasteiger partial charge < -0.3 is 29.0 Å². The molecule has 2 rings (SSSR count). The molecule has 9 nitrogen and oxygen atoms in total. The third-order valence-corrected chi connectivity index (χ3v) is 7.73.